The van der Waals surface area contributed by atoms with Crippen molar-refractivity contribution >= 4 is 34.5 Å². The van der Waals surface area contributed by atoms with E-state index >= 15 is 0 Å². The summed E-state index contributed by atoms with van der Waals surface area (Å²) in [7, 11) is 1.98. The van der Waals surface area contributed by atoms with Crippen molar-refractivity contribution in [2.45, 2.75) is 26.4 Å². The smallest absolute Gasteiger partial charge is 0.282 e. The quantitative estimate of drug-likeness (QED) is 0.861. The predicted octanol–water partition coefficient (Wildman–Crippen LogP) is 2.89. The summed E-state index contributed by atoms with van der Waals surface area (Å²) in [5, 5.41) is 5.02. The normalized spacial score (nSPS) is 13.7. The Bertz CT molecular complexity index is 674. The number of anilines is 1. The van der Waals surface area contributed by atoms with Gasteiger partial charge in [0, 0.05) is 0 Å². The lowest BCUT2D eigenvalue weighted by atomic mass is 10.2. The van der Waals surface area contributed by atoms with Gasteiger partial charge in [-0.25, -0.2) is 4.39 Å². The SMILES string of the molecule is Cc1ccsc1C[NH+](C)[C@@H](C)C(=O)Nc1ccc(F)cc1Cl. The van der Waals surface area contributed by atoms with Crippen LogP contribution in [0.3, 0.4) is 0 Å². The van der Waals surface area contributed by atoms with Crippen molar-refractivity contribution in [2.24, 2.45) is 0 Å². The highest BCUT2D eigenvalue weighted by Crippen LogP contribution is 2.22. The zero-order valence-electron chi connectivity index (χ0n) is 12.7. The zero-order valence-corrected chi connectivity index (χ0v) is 14.3. The number of rotatable bonds is 5. The number of aryl methyl sites for hydroxylation is 1. The summed E-state index contributed by atoms with van der Waals surface area (Å²) in [5.74, 6) is -0.563. The highest BCUT2D eigenvalue weighted by molar-refractivity contribution is 7.10. The molecule has 22 heavy (non-hydrogen) atoms. The summed E-state index contributed by atoms with van der Waals surface area (Å²) >= 11 is 7.63. The van der Waals surface area contributed by atoms with Gasteiger partial charge in [0.15, 0.2) is 6.04 Å². The number of halogens is 2. The van der Waals surface area contributed by atoms with E-state index in [0.29, 0.717) is 5.69 Å². The number of hydrogen-bond acceptors (Lipinski definition) is 2. The Labute approximate surface area is 138 Å². The van der Waals surface area contributed by atoms with Crippen LogP contribution in [0.25, 0.3) is 0 Å². The summed E-state index contributed by atoms with van der Waals surface area (Å²) in [4.78, 5) is 14.7. The average Bonchev–Trinajstić information content (AvgIpc) is 2.86. The minimum Gasteiger partial charge on any atom is -0.323 e. The fourth-order valence-corrected chi connectivity index (χ4v) is 3.26. The van der Waals surface area contributed by atoms with Gasteiger partial charge < -0.3 is 10.2 Å². The molecule has 2 aromatic rings. The van der Waals surface area contributed by atoms with E-state index in [4.69, 9.17) is 11.6 Å². The fourth-order valence-electron chi connectivity index (χ4n) is 2.05. The van der Waals surface area contributed by atoms with Gasteiger partial charge in [0.2, 0.25) is 0 Å². The van der Waals surface area contributed by atoms with Gasteiger partial charge in [-0.2, -0.15) is 0 Å². The van der Waals surface area contributed by atoms with E-state index in [1.54, 1.807) is 11.3 Å². The second kappa shape index (κ2) is 7.22. The molecule has 3 nitrogen and oxygen atoms in total. The molecule has 118 valence electrons. The Kier molecular flexibility index (Phi) is 5.56. The lowest BCUT2D eigenvalue weighted by Crippen LogP contribution is -3.12. The largest absolute Gasteiger partial charge is 0.323 e. The summed E-state index contributed by atoms with van der Waals surface area (Å²) in [6.07, 6.45) is 0. The summed E-state index contributed by atoms with van der Waals surface area (Å²) in [6, 6.07) is 5.77. The third kappa shape index (κ3) is 4.06. The first kappa shape index (κ1) is 16.9. The standard InChI is InChI=1S/C16H18ClFN2OS/c1-10-6-7-22-15(10)9-20(3)11(2)16(21)19-14-5-4-12(18)8-13(14)17/h4-8,11H,9H2,1-3H3,(H,19,21)/p+1/t11-/m0/s1. The van der Waals surface area contributed by atoms with Gasteiger partial charge in [-0.3, -0.25) is 4.79 Å². The molecular weight excluding hydrogens is 323 g/mol. The third-order valence-electron chi connectivity index (χ3n) is 3.73. The van der Waals surface area contributed by atoms with Crippen LogP contribution in [-0.2, 0) is 11.3 Å². The van der Waals surface area contributed by atoms with Crippen molar-refractivity contribution in [1.29, 1.82) is 0 Å². The fraction of sp³-hybridized carbons (Fsp3) is 0.312. The molecule has 6 heteroatoms. The van der Waals surface area contributed by atoms with E-state index < -0.39 is 5.82 Å². The zero-order chi connectivity index (χ0) is 16.3. The van der Waals surface area contributed by atoms with Crippen molar-refractivity contribution in [3.05, 3.63) is 50.9 Å². The van der Waals surface area contributed by atoms with Gasteiger partial charge in [-0.1, -0.05) is 11.6 Å². The number of nitrogens with one attached hydrogen (secondary N) is 2. The van der Waals surface area contributed by atoms with E-state index in [-0.39, 0.29) is 17.0 Å². The molecule has 0 aliphatic heterocycles. The number of quaternary nitrogens is 1. The van der Waals surface area contributed by atoms with E-state index in [2.05, 4.69) is 23.7 Å². The van der Waals surface area contributed by atoms with Crippen LogP contribution in [0.2, 0.25) is 5.02 Å². The maximum absolute atomic E-state index is 13.0. The van der Waals surface area contributed by atoms with Gasteiger partial charge in [0.1, 0.15) is 12.4 Å². The molecule has 0 aliphatic rings. The van der Waals surface area contributed by atoms with Gasteiger partial charge in [0.05, 0.1) is 22.6 Å². The minimum atomic E-state index is -0.424. The second-order valence-electron chi connectivity index (χ2n) is 5.39. The molecule has 0 bridgehead atoms. The molecule has 2 N–H and O–H groups in total. The van der Waals surface area contributed by atoms with Crippen LogP contribution in [-0.4, -0.2) is 19.0 Å². The van der Waals surface area contributed by atoms with Crippen LogP contribution in [0, 0.1) is 12.7 Å². The molecule has 1 amide bonds. The molecule has 0 saturated heterocycles. The number of hydrogen-bond donors (Lipinski definition) is 2. The highest BCUT2D eigenvalue weighted by atomic mass is 35.5. The Morgan fingerprint density at radius 1 is 1.45 bits per heavy atom. The van der Waals surface area contributed by atoms with Gasteiger partial charge >= 0.3 is 0 Å². The van der Waals surface area contributed by atoms with E-state index in [1.807, 2.05) is 14.0 Å². The van der Waals surface area contributed by atoms with Crippen LogP contribution in [0.4, 0.5) is 10.1 Å². The van der Waals surface area contributed by atoms with E-state index in [0.717, 1.165) is 11.4 Å². The van der Waals surface area contributed by atoms with Crippen molar-refractivity contribution < 1.29 is 14.1 Å². The molecule has 0 radical (unpaired) electrons. The highest BCUT2D eigenvalue weighted by Gasteiger charge is 2.23. The maximum Gasteiger partial charge on any atom is 0.282 e. The Morgan fingerprint density at radius 3 is 2.77 bits per heavy atom. The molecule has 2 rings (SSSR count). The van der Waals surface area contributed by atoms with Crippen LogP contribution < -0.4 is 10.2 Å². The Hall–Kier alpha value is -1.43. The molecular formula is C16H19ClFN2OS+. The lowest BCUT2D eigenvalue weighted by molar-refractivity contribution is -0.907. The third-order valence-corrected chi connectivity index (χ3v) is 5.06. The number of carbonyl (C=O) groups excluding carboxylic acids is 1. The van der Waals surface area contributed by atoms with Gasteiger partial charge in [-0.15, -0.1) is 11.3 Å². The number of carbonyl (C=O) groups is 1. The van der Waals surface area contributed by atoms with Crippen molar-refractivity contribution in [3.8, 4) is 0 Å². The summed E-state index contributed by atoms with van der Waals surface area (Å²) < 4.78 is 13.0. The molecule has 0 aliphatic carbocycles. The van der Waals surface area contributed by atoms with E-state index in [1.165, 1.54) is 28.6 Å². The number of thiophene rings is 1. The number of amides is 1. The molecule has 0 saturated carbocycles. The second-order valence-corrected chi connectivity index (χ2v) is 6.79. The monoisotopic (exact) mass is 341 g/mol. The topological polar surface area (TPSA) is 33.5 Å². The minimum absolute atomic E-state index is 0.139. The number of benzene rings is 1. The molecule has 2 atom stereocenters. The molecule has 1 aromatic heterocycles. The molecule has 0 fully saturated rings. The van der Waals surface area contributed by atoms with Gasteiger partial charge in [0.25, 0.3) is 5.91 Å². The van der Waals surface area contributed by atoms with Crippen molar-refractivity contribution in [2.75, 3.05) is 12.4 Å². The first-order valence-corrected chi connectivity index (χ1v) is 8.25. The van der Waals surface area contributed by atoms with Crippen molar-refractivity contribution in [1.82, 2.24) is 0 Å². The van der Waals surface area contributed by atoms with Crippen molar-refractivity contribution in [3.63, 3.8) is 0 Å². The first-order chi connectivity index (χ1) is 10.4. The Balaban J connectivity index is 2.00. The molecule has 1 heterocycles. The maximum atomic E-state index is 13.0. The summed E-state index contributed by atoms with van der Waals surface area (Å²) in [5.41, 5.74) is 1.68. The lowest BCUT2D eigenvalue weighted by Gasteiger charge is -2.21. The van der Waals surface area contributed by atoms with Gasteiger partial charge in [-0.05, 0) is 49.1 Å². The van der Waals surface area contributed by atoms with Crippen LogP contribution in [0.5, 0.6) is 0 Å². The van der Waals surface area contributed by atoms with Crippen LogP contribution in [0.15, 0.2) is 29.6 Å². The molecule has 0 spiro atoms. The molecule has 1 unspecified atom stereocenters. The predicted molar refractivity (Wildman–Crippen MR) is 89.1 cm³/mol. The van der Waals surface area contributed by atoms with Crippen LogP contribution >= 0.6 is 22.9 Å². The number of likely N-dealkylation sites (N-methyl/N-ethyl adjacent to an activating group) is 1. The molecule has 1 aromatic carbocycles. The average molecular weight is 342 g/mol. The Morgan fingerprint density at radius 2 is 2.18 bits per heavy atom. The summed E-state index contributed by atoms with van der Waals surface area (Å²) in [6.45, 7) is 4.72. The van der Waals surface area contributed by atoms with E-state index in [9.17, 15) is 9.18 Å². The van der Waals surface area contributed by atoms with Crippen LogP contribution in [0.1, 0.15) is 17.4 Å². The first-order valence-electron chi connectivity index (χ1n) is 6.99.